The molecule has 10 heteroatoms. The number of rotatable bonds is 5. The molecule has 5 rings (SSSR count). The first-order chi connectivity index (χ1) is 16.9. The number of fused-ring (bicyclic) bond motifs is 1. The van der Waals surface area contributed by atoms with E-state index in [-0.39, 0.29) is 28.2 Å². The molecule has 0 radical (unpaired) electrons. The molecule has 174 valence electrons. The first-order valence-corrected chi connectivity index (χ1v) is 11.4. The van der Waals surface area contributed by atoms with Crippen molar-refractivity contribution in [1.82, 2.24) is 15.0 Å². The predicted molar refractivity (Wildman–Crippen MR) is 139 cm³/mol. The van der Waals surface area contributed by atoms with Crippen LogP contribution in [0.5, 0.6) is 11.5 Å². The summed E-state index contributed by atoms with van der Waals surface area (Å²) in [7, 11) is 0. The Morgan fingerprint density at radius 1 is 0.971 bits per heavy atom. The predicted octanol–water partition coefficient (Wildman–Crippen LogP) is 5.99. The monoisotopic (exact) mass is 583 g/mol. The number of hydrogen-bond acceptors (Lipinski definition) is 6. The van der Waals surface area contributed by atoms with E-state index in [2.05, 4.69) is 20.3 Å². The van der Waals surface area contributed by atoms with Crippen molar-refractivity contribution in [3.05, 3.63) is 98.6 Å². The number of nitrogen functional groups attached to an aromatic ring is 1. The molecule has 0 aliphatic heterocycles. The second-order valence-corrected chi connectivity index (χ2v) is 8.58. The zero-order chi connectivity index (χ0) is 24.5. The smallest absolute Gasteiger partial charge is 0.200 e. The van der Waals surface area contributed by atoms with Crippen molar-refractivity contribution in [1.29, 1.82) is 0 Å². The van der Waals surface area contributed by atoms with Crippen molar-refractivity contribution in [3.63, 3.8) is 0 Å². The standard InChI is InChI=1S/C25H16F2IN5O2/c26-14-3-1-13(2-4-14)16-12-32-18-7-9-31-25(21(18)23(16)34)33-15-5-6-19(17(27)11-15)35-20-8-10-30-24(29)22(20)28/h1-12H,(H2,29,30)(H,31,33)(H,32,34). The summed E-state index contributed by atoms with van der Waals surface area (Å²) in [6.45, 7) is 0. The van der Waals surface area contributed by atoms with E-state index >= 15 is 0 Å². The molecule has 3 aromatic heterocycles. The van der Waals surface area contributed by atoms with Gasteiger partial charge in [0.1, 0.15) is 23.2 Å². The highest BCUT2D eigenvalue weighted by Gasteiger charge is 2.15. The fourth-order valence-corrected chi connectivity index (χ4v) is 3.97. The second-order valence-electron chi connectivity index (χ2n) is 7.50. The van der Waals surface area contributed by atoms with E-state index < -0.39 is 11.6 Å². The van der Waals surface area contributed by atoms with Gasteiger partial charge in [0, 0.05) is 42.0 Å². The molecule has 35 heavy (non-hydrogen) atoms. The molecule has 5 aromatic rings. The van der Waals surface area contributed by atoms with Gasteiger partial charge in [-0.15, -0.1) is 0 Å². The lowest BCUT2D eigenvalue weighted by molar-refractivity contribution is 0.440. The highest BCUT2D eigenvalue weighted by atomic mass is 127. The minimum atomic E-state index is -0.623. The summed E-state index contributed by atoms with van der Waals surface area (Å²) < 4.78 is 34.4. The Kier molecular flexibility index (Phi) is 6.03. The minimum absolute atomic E-state index is 0.00129. The Balaban J connectivity index is 1.49. The Morgan fingerprint density at radius 3 is 2.51 bits per heavy atom. The van der Waals surface area contributed by atoms with Gasteiger partial charge in [0.2, 0.25) is 5.43 Å². The van der Waals surface area contributed by atoms with Crippen LogP contribution in [-0.2, 0) is 0 Å². The van der Waals surface area contributed by atoms with Gasteiger partial charge in [0.25, 0.3) is 0 Å². The lowest BCUT2D eigenvalue weighted by Crippen LogP contribution is -2.10. The van der Waals surface area contributed by atoms with Crippen LogP contribution in [0.25, 0.3) is 22.0 Å². The van der Waals surface area contributed by atoms with E-state index in [0.717, 1.165) is 0 Å². The van der Waals surface area contributed by atoms with E-state index in [9.17, 15) is 13.6 Å². The number of anilines is 3. The number of nitrogens with two attached hydrogens (primary N) is 1. The van der Waals surface area contributed by atoms with E-state index in [1.165, 1.54) is 48.8 Å². The zero-order valence-corrected chi connectivity index (χ0v) is 20.0. The topological polar surface area (TPSA) is 106 Å². The molecule has 0 atom stereocenters. The molecule has 0 saturated heterocycles. The minimum Gasteiger partial charge on any atom is -0.453 e. The first kappa shape index (κ1) is 22.7. The van der Waals surface area contributed by atoms with Gasteiger partial charge in [-0.1, -0.05) is 12.1 Å². The lowest BCUT2D eigenvalue weighted by Gasteiger charge is -2.12. The molecule has 0 bridgehead atoms. The van der Waals surface area contributed by atoms with Crippen LogP contribution in [0.3, 0.4) is 0 Å². The van der Waals surface area contributed by atoms with E-state index in [1.54, 1.807) is 24.4 Å². The Labute approximate surface area is 211 Å². The highest BCUT2D eigenvalue weighted by Crippen LogP contribution is 2.32. The van der Waals surface area contributed by atoms with Crippen molar-refractivity contribution in [2.45, 2.75) is 0 Å². The molecular formula is C25H16F2IN5O2. The van der Waals surface area contributed by atoms with Crippen LogP contribution in [0, 0.1) is 15.2 Å². The van der Waals surface area contributed by atoms with Crippen LogP contribution in [0.15, 0.2) is 78.0 Å². The molecule has 0 amide bonds. The molecule has 0 unspecified atom stereocenters. The Morgan fingerprint density at radius 2 is 1.74 bits per heavy atom. The van der Waals surface area contributed by atoms with Gasteiger partial charge in [-0.3, -0.25) is 4.79 Å². The Bertz CT molecular complexity index is 1620. The lowest BCUT2D eigenvalue weighted by atomic mass is 10.0. The number of hydrogen-bond donors (Lipinski definition) is 3. The van der Waals surface area contributed by atoms with Gasteiger partial charge < -0.3 is 20.8 Å². The van der Waals surface area contributed by atoms with Crippen LogP contribution in [0.4, 0.5) is 26.1 Å². The number of aromatic nitrogens is 3. The number of nitrogens with one attached hydrogen (secondary N) is 2. The second kappa shape index (κ2) is 9.29. The fraction of sp³-hybridized carbons (Fsp3) is 0. The summed E-state index contributed by atoms with van der Waals surface area (Å²) >= 11 is 1.98. The summed E-state index contributed by atoms with van der Waals surface area (Å²) in [6, 6.07) is 13.2. The van der Waals surface area contributed by atoms with Crippen molar-refractivity contribution in [2.24, 2.45) is 0 Å². The normalized spacial score (nSPS) is 10.9. The molecule has 7 nitrogen and oxygen atoms in total. The maximum Gasteiger partial charge on any atom is 0.200 e. The summed E-state index contributed by atoms with van der Waals surface area (Å²) in [4.78, 5) is 24.6. The summed E-state index contributed by atoms with van der Waals surface area (Å²) in [5, 5.41) is 3.30. The maximum atomic E-state index is 14.8. The maximum absolute atomic E-state index is 14.8. The van der Waals surface area contributed by atoms with Crippen LogP contribution in [0.1, 0.15) is 0 Å². The molecule has 4 N–H and O–H groups in total. The summed E-state index contributed by atoms with van der Waals surface area (Å²) in [5.41, 5.74) is 7.31. The fourth-order valence-electron chi connectivity index (χ4n) is 3.54. The van der Waals surface area contributed by atoms with Gasteiger partial charge in [-0.05, 0) is 58.5 Å². The Hall–Kier alpha value is -4.06. The number of nitrogens with zero attached hydrogens (tertiary/aromatic N) is 2. The largest absolute Gasteiger partial charge is 0.453 e. The number of H-pyrrole nitrogens is 1. The van der Waals surface area contributed by atoms with Crippen LogP contribution in [0.2, 0.25) is 0 Å². The van der Waals surface area contributed by atoms with E-state index in [1.807, 2.05) is 22.6 Å². The van der Waals surface area contributed by atoms with Gasteiger partial charge >= 0.3 is 0 Å². The van der Waals surface area contributed by atoms with Gasteiger partial charge in [0.05, 0.1) is 14.5 Å². The van der Waals surface area contributed by atoms with Gasteiger partial charge in [-0.2, -0.15) is 0 Å². The summed E-state index contributed by atoms with van der Waals surface area (Å²) in [5.74, 6) is -0.102. The molecule has 0 fully saturated rings. The van der Waals surface area contributed by atoms with Crippen molar-refractivity contribution >= 4 is 50.8 Å². The molecule has 0 aliphatic carbocycles. The third-order valence-electron chi connectivity index (χ3n) is 5.25. The zero-order valence-electron chi connectivity index (χ0n) is 17.9. The quantitative estimate of drug-likeness (QED) is 0.220. The number of aromatic amines is 1. The SMILES string of the molecule is Nc1nccc(Oc2ccc(Nc3nccc4[nH]cc(-c5ccc(F)cc5)c(=O)c34)cc2F)c1I. The van der Waals surface area contributed by atoms with Crippen molar-refractivity contribution < 1.29 is 13.5 Å². The van der Waals surface area contributed by atoms with Crippen molar-refractivity contribution in [3.8, 4) is 22.6 Å². The molecule has 0 aliphatic rings. The third kappa shape index (κ3) is 4.52. The van der Waals surface area contributed by atoms with Crippen molar-refractivity contribution in [2.75, 3.05) is 11.1 Å². The first-order valence-electron chi connectivity index (χ1n) is 10.3. The van der Waals surface area contributed by atoms with Gasteiger partial charge in [-0.25, -0.2) is 18.7 Å². The average molecular weight is 583 g/mol. The van der Waals surface area contributed by atoms with E-state index in [0.29, 0.717) is 31.7 Å². The number of benzene rings is 2. The van der Waals surface area contributed by atoms with Crippen LogP contribution in [-0.4, -0.2) is 15.0 Å². The molecule has 3 heterocycles. The van der Waals surface area contributed by atoms with Crippen LogP contribution >= 0.6 is 22.6 Å². The third-order valence-corrected chi connectivity index (χ3v) is 6.33. The molecular weight excluding hydrogens is 567 g/mol. The van der Waals surface area contributed by atoms with Crippen LogP contribution < -0.4 is 21.2 Å². The average Bonchev–Trinajstić information content (AvgIpc) is 2.84. The molecule has 2 aromatic carbocycles. The summed E-state index contributed by atoms with van der Waals surface area (Å²) in [6.07, 6.45) is 4.58. The number of ether oxygens (including phenoxy) is 1. The van der Waals surface area contributed by atoms with Gasteiger partial charge in [0.15, 0.2) is 11.6 Å². The number of pyridine rings is 3. The molecule has 0 saturated carbocycles. The van der Waals surface area contributed by atoms with E-state index in [4.69, 9.17) is 10.5 Å². The molecule has 0 spiro atoms. The number of halogens is 3. The highest BCUT2D eigenvalue weighted by molar-refractivity contribution is 14.1.